The van der Waals surface area contributed by atoms with E-state index in [-0.39, 0.29) is 104 Å². The van der Waals surface area contributed by atoms with Gasteiger partial charge in [0.1, 0.15) is 16.6 Å². The molecule has 1 saturated carbocycles. The largest absolute Gasteiger partial charge is 0.444 e. The second-order valence-corrected chi connectivity index (χ2v) is 16.5. The molecular weight excluding hydrogens is 710 g/mol. The van der Waals surface area contributed by atoms with Gasteiger partial charge in [0, 0.05) is 68.8 Å². The van der Waals surface area contributed by atoms with Crippen molar-refractivity contribution >= 4 is 51.0 Å². The molecule has 0 bridgehead atoms. The van der Waals surface area contributed by atoms with E-state index >= 15 is 8.78 Å². The number of alkyl carbamates (subject to hydrolysis) is 1. The number of hydrogen-bond acceptors (Lipinski definition) is 9. The van der Waals surface area contributed by atoms with Crippen molar-refractivity contribution < 1.29 is 41.4 Å². The van der Waals surface area contributed by atoms with Gasteiger partial charge in [-0.05, 0) is 82.9 Å². The van der Waals surface area contributed by atoms with E-state index in [4.69, 9.17) is 21.4 Å². The van der Waals surface area contributed by atoms with E-state index in [1.54, 1.807) is 37.8 Å². The summed E-state index contributed by atoms with van der Waals surface area (Å²) in [5.74, 6) is -4.81. The number of aliphatic hydroxyl groups is 1. The summed E-state index contributed by atoms with van der Waals surface area (Å²) < 4.78 is 65.3. The average molecular weight is 755 g/mol. The van der Waals surface area contributed by atoms with Crippen LogP contribution in [-0.2, 0) is 30.3 Å². The van der Waals surface area contributed by atoms with Gasteiger partial charge in [0.05, 0.1) is 17.5 Å². The smallest absolute Gasteiger partial charge is 0.407 e. The predicted octanol–water partition coefficient (Wildman–Crippen LogP) is 3.88. The summed E-state index contributed by atoms with van der Waals surface area (Å²) in [6.07, 6.45) is 0.386. The molecule has 5 rings (SSSR count). The molecule has 13 nitrogen and oxygen atoms in total. The number of rotatable bonds is 10. The van der Waals surface area contributed by atoms with Gasteiger partial charge in [-0.1, -0.05) is 11.6 Å². The summed E-state index contributed by atoms with van der Waals surface area (Å²) in [6.45, 7) is 5.92. The first kappa shape index (κ1) is 38.6. The Hall–Kier alpha value is -3.60. The summed E-state index contributed by atoms with van der Waals surface area (Å²) in [7, 11) is -3.91. The highest BCUT2D eigenvalue weighted by atomic mass is 35.5. The van der Waals surface area contributed by atoms with E-state index in [1.807, 2.05) is 0 Å². The van der Waals surface area contributed by atoms with Crippen LogP contribution >= 0.6 is 11.6 Å². The molecule has 3 fully saturated rings. The molecule has 3 N–H and O–H groups in total. The number of alkyl halides is 2. The molecule has 1 aliphatic carbocycles. The quantitative estimate of drug-likeness (QED) is 0.306. The molecule has 0 unspecified atom stereocenters. The molecule has 17 heteroatoms. The van der Waals surface area contributed by atoms with E-state index in [0.29, 0.717) is 18.5 Å². The molecule has 1 aromatic carbocycles. The van der Waals surface area contributed by atoms with E-state index in [0.717, 1.165) is 6.07 Å². The summed E-state index contributed by atoms with van der Waals surface area (Å²) in [6, 6.07) is 7.97. The third-order valence-corrected chi connectivity index (χ3v) is 11.5. The number of aromatic nitrogens is 1. The number of ether oxygens (including phenoxy) is 1. The standard InChI is InChI=1S/C34H45ClF2N6O7S/c1-33(2,3)50-32(47)39-25-20-30(45)43(21-25)26-8-10-27(11-9-26)51(48,49)42-15-13-41(14-16-42)29-19-24(18-28(35)40-29)34(36,37)23-6-4-22(5-7-23)31(46)38-12-17-44/h8-11,18-19,22-23,25,44H,4-7,12-17,20-21H2,1-3H3,(H,38,46)(H,39,47)/t22?,23?,25-/m1/s1. The first-order valence-corrected chi connectivity index (χ1v) is 18.9. The Labute approximate surface area is 301 Å². The zero-order chi connectivity index (χ0) is 37.1. The minimum Gasteiger partial charge on any atom is -0.444 e. The van der Waals surface area contributed by atoms with Crippen LogP contribution < -0.4 is 20.4 Å². The first-order chi connectivity index (χ1) is 24.0. The third-order valence-electron chi connectivity index (χ3n) is 9.38. The molecule has 51 heavy (non-hydrogen) atoms. The van der Waals surface area contributed by atoms with Crippen molar-refractivity contribution in [3.63, 3.8) is 0 Å². The topological polar surface area (TPSA) is 161 Å². The lowest BCUT2D eigenvalue weighted by Gasteiger charge is -2.36. The lowest BCUT2D eigenvalue weighted by Crippen LogP contribution is -2.49. The number of carbonyl (C=O) groups excluding carboxylic acids is 3. The predicted molar refractivity (Wildman–Crippen MR) is 186 cm³/mol. The lowest BCUT2D eigenvalue weighted by molar-refractivity contribution is -0.129. The number of amides is 3. The van der Waals surface area contributed by atoms with Crippen molar-refractivity contribution in [2.45, 2.75) is 75.3 Å². The van der Waals surface area contributed by atoms with Gasteiger partial charge in [0.2, 0.25) is 21.8 Å². The van der Waals surface area contributed by atoms with Crippen LogP contribution in [0.3, 0.4) is 0 Å². The summed E-state index contributed by atoms with van der Waals surface area (Å²) in [5.41, 5.74) is -0.462. The van der Waals surface area contributed by atoms with E-state index in [1.165, 1.54) is 27.4 Å². The Bertz CT molecular complexity index is 1690. The van der Waals surface area contributed by atoms with Gasteiger partial charge in [-0.15, -0.1) is 0 Å². The van der Waals surface area contributed by atoms with Gasteiger partial charge in [-0.3, -0.25) is 9.59 Å². The number of anilines is 2. The number of aliphatic hydroxyl groups excluding tert-OH is 1. The van der Waals surface area contributed by atoms with Crippen LogP contribution in [0.15, 0.2) is 41.3 Å². The molecule has 3 aliphatic rings. The molecule has 2 aromatic rings. The average Bonchev–Trinajstić information content (AvgIpc) is 3.45. The highest BCUT2D eigenvalue weighted by molar-refractivity contribution is 7.89. The molecule has 280 valence electrons. The van der Waals surface area contributed by atoms with Gasteiger partial charge in [-0.2, -0.15) is 4.31 Å². The Morgan fingerprint density at radius 3 is 2.29 bits per heavy atom. The van der Waals surface area contributed by atoms with Crippen LogP contribution in [0.1, 0.15) is 58.4 Å². The minimum atomic E-state index is -3.91. The molecule has 1 atom stereocenters. The third kappa shape index (κ3) is 9.26. The normalized spacial score (nSPS) is 22.2. The van der Waals surface area contributed by atoms with Gasteiger partial charge in [-0.25, -0.2) is 27.0 Å². The zero-order valence-electron chi connectivity index (χ0n) is 28.9. The van der Waals surface area contributed by atoms with Gasteiger partial charge in [0.25, 0.3) is 5.92 Å². The van der Waals surface area contributed by atoms with Gasteiger partial charge >= 0.3 is 6.09 Å². The fourth-order valence-electron chi connectivity index (χ4n) is 6.75. The number of nitrogens with one attached hydrogen (secondary N) is 2. The molecule has 2 saturated heterocycles. The SMILES string of the molecule is CC(C)(C)OC(=O)N[C@@H]1CC(=O)N(c2ccc(S(=O)(=O)N3CCN(c4cc(C(F)(F)C5CCC(C(=O)NCCO)CC5)cc(Cl)n4)CC3)cc2)C1. The molecule has 3 heterocycles. The van der Waals surface area contributed by atoms with Crippen LogP contribution in [0, 0.1) is 11.8 Å². The van der Waals surface area contributed by atoms with Crippen LogP contribution in [0.4, 0.5) is 25.1 Å². The van der Waals surface area contributed by atoms with E-state index in [9.17, 15) is 22.8 Å². The number of piperazine rings is 1. The van der Waals surface area contributed by atoms with Crippen LogP contribution in [0.2, 0.25) is 5.15 Å². The van der Waals surface area contributed by atoms with Crippen molar-refractivity contribution in [2.24, 2.45) is 11.8 Å². The molecule has 2 aliphatic heterocycles. The Balaban J connectivity index is 1.18. The molecule has 1 aromatic heterocycles. The van der Waals surface area contributed by atoms with Crippen molar-refractivity contribution in [3.05, 3.63) is 47.1 Å². The first-order valence-electron chi connectivity index (χ1n) is 17.1. The monoisotopic (exact) mass is 754 g/mol. The van der Waals surface area contributed by atoms with Crippen molar-refractivity contribution in [1.29, 1.82) is 0 Å². The molecule has 0 radical (unpaired) electrons. The lowest BCUT2D eigenvalue weighted by atomic mass is 9.77. The maximum atomic E-state index is 15.8. The number of halogens is 3. The number of pyridine rings is 1. The molecule has 3 amide bonds. The zero-order valence-corrected chi connectivity index (χ0v) is 30.5. The van der Waals surface area contributed by atoms with Gasteiger partial charge < -0.3 is 30.3 Å². The Morgan fingerprint density at radius 1 is 1.04 bits per heavy atom. The van der Waals surface area contributed by atoms with Crippen LogP contribution in [0.5, 0.6) is 0 Å². The number of nitrogens with zero attached hydrogens (tertiary/aromatic N) is 4. The number of sulfonamides is 1. The van der Waals surface area contributed by atoms with Crippen LogP contribution in [-0.4, -0.2) is 98.2 Å². The highest BCUT2D eigenvalue weighted by Gasteiger charge is 2.44. The Morgan fingerprint density at radius 2 is 1.69 bits per heavy atom. The summed E-state index contributed by atoms with van der Waals surface area (Å²) in [4.78, 5) is 44.6. The van der Waals surface area contributed by atoms with E-state index < -0.39 is 39.6 Å². The summed E-state index contributed by atoms with van der Waals surface area (Å²) in [5, 5.41) is 14.1. The van der Waals surface area contributed by atoms with Crippen molar-refractivity contribution in [1.82, 2.24) is 19.9 Å². The number of carbonyl (C=O) groups is 3. The fourth-order valence-corrected chi connectivity index (χ4v) is 8.37. The van der Waals surface area contributed by atoms with Crippen molar-refractivity contribution in [3.8, 4) is 0 Å². The Kier molecular flexibility index (Phi) is 11.8. The van der Waals surface area contributed by atoms with Crippen molar-refractivity contribution in [2.75, 3.05) is 55.7 Å². The minimum absolute atomic E-state index is 0.0400. The fraction of sp³-hybridized carbons (Fsp3) is 0.588. The molecular formula is C34H45ClF2N6O7S. The van der Waals surface area contributed by atoms with Gasteiger partial charge in [0.15, 0.2) is 0 Å². The highest BCUT2D eigenvalue weighted by Crippen LogP contribution is 2.46. The van der Waals surface area contributed by atoms with E-state index in [2.05, 4.69) is 15.6 Å². The number of benzene rings is 1. The summed E-state index contributed by atoms with van der Waals surface area (Å²) >= 11 is 6.23. The number of hydrogen-bond donors (Lipinski definition) is 3. The second kappa shape index (κ2) is 15.6. The van der Waals surface area contributed by atoms with Crippen LogP contribution in [0.25, 0.3) is 0 Å². The maximum absolute atomic E-state index is 15.8. The second-order valence-electron chi connectivity index (χ2n) is 14.2. The molecule has 0 spiro atoms. The maximum Gasteiger partial charge on any atom is 0.407 e.